The third-order valence-electron chi connectivity index (χ3n) is 3.93. The molecular formula is C17H20N2O3S. The lowest BCUT2D eigenvalue weighted by molar-refractivity contribution is -0.0327. The van der Waals surface area contributed by atoms with E-state index < -0.39 is 0 Å². The van der Waals surface area contributed by atoms with Gasteiger partial charge in [0.05, 0.1) is 25.4 Å². The third-order valence-corrected chi connectivity index (χ3v) is 4.86. The molecular weight excluding hydrogens is 312 g/mol. The lowest BCUT2D eigenvalue weighted by Gasteiger charge is -2.33. The van der Waals surface area contributed by atoms with Crippen molar-refractivity contribution in [2.24, 2.45) is 5.73 Å². The Balaban J connectivity index is 1.66. The average Bonchev–Trinajstić information content (AvgIpc) is 3.04. The van der Waals surface area contributed by atoms with E-state index in [1.165, 1.54) is 0 Å². The first-order chi connectivity index (χ1) is 11.2. The smallest absolute Gasteiger partial charge is 0.249 e. The highest BCUT2D eigenvalue weighted by Gasteiger charge is 2.23. The number of benzene rings is 1. The van der Waals surface area contributed by atoms with Gasteiger partial charge >= 0.3 is 0 Å². The third kappa shape index (κ3) is 3.90. The molecule has 122 valence electrons. The second-order valence-corrected chi connectivity index (χ2v) is 6.53. The highest BCUT2D eigenvalue weighted by Crippen LogP contribution is 2.27. The van der Waals surface area contributed by atoms with E-state index in [0.29, 0.717) is 12.2 Å². The molecule has 2 N–H and O–H groups in total. The molecule has 0 bridgehead atoms. The first kappa shape index (κ1) is 16.0. The highest BCUT2D eigenvalue weighted by molar-refractivity contribution is 7.10. The van der Waals surface area contributed by atoms with Crippen LogP contribution in [0.4, 0.5) is 0 Å². The predicted molar refractivity (Wildman–Crippen MR) is 89.8 cm³/mol. The summed E-state index contributed by atoms with van der Waals surface area (Å²) in [4.78, 5) is 14.7. The van der Waals surface area contributed by atoms with Gasteiger partial charge in [-0.2, -0.15) is 0 Å². The van der Waals surface area contributed by atoms with Crippen LogP contribution in [0.25, 0.3) is 0 Å². The van der Waals surface area contributed by atoms with Gasteiger partial charge < -0.3 is 15.2 Å². The monoisotopic (exact) mass is 332 g/mol. The van der Waals surface area contributed by atoms with Crippen molar-refractivity contribution in [1.82, 2.24) is 4.90 Å². The van der Waals surface area contributed by atoms with Crippen molar-refractivity contribution in [3.8, 4) is 5.75 Å². The molecule has 0 radical (unpaired) electrons. The van der Waals surface area contributed by atoms with Crippen molar-refractivity contribution in [2.75, 3.05) is 26.8 Å². The highest BCUT2D eigenvalue weighted by atomic mass is 32.1. The van der Waals surface area contributed by atoms with Crippen molar-refractivity contribution < 1.29 is 14.3 Å². The minimum Gasteiger partial charge on any atom is -0.497 e. The van der Waals surface area contributed by atoms with Crippen LogP contribution in [0.3, 0.4) is 0 Å². The van der Waals surface area contributed by atoms with E-state index in [1.54, 1.807) is 18.4 Å². The summed E-state index contributed by atoms with van der Waals surface area (Å²) < 4.78 is 11.2. The number of nitrogens with zero attached hydrogens (tertiary/aromatic N) is 1. The summed E-state index contributed by atoms with van der Waals surface area (Å²) in [5.74, 6) is 0.469. The average molecular weight is 332 g/mol. The van der Waals surface area contributed by atoms with Gasteiger partial charge in [-0.05, 0) is 23.8 Å². The Morgan fingerprint density at radius 2 is 2.35 bits per heavy atom. The molecule has 1 aromatic carbocycles. The molecule has 1 aliphatic rings. The number of thiophene rings is 1. The van der Waals surface area contributed by atoms with Crippen LogP contribution in [-0.4, -0.2) is 37.6 Å². The van der Waals surface area contributed by atoms with Crippen LogP contribution in [0, 0.1) is 0 Å². The number of morpholine rings is 1. The Kier molecular flexibility index (Phi) is 4.95. The number of hydrogen-bond acceptors (Lipinski definition) is 5. The van der Waals surface area contributed by atoms with E-state index in [-0.39, 0.29) is 12.0 Å². The van der Waals surface area contributed by atoms with Gasteiger partial charge in [-0.25, -0.2) is 0 Å². The van der Waals surface area contributed by atoms with Crippen molar-refractivity contribution in [1.29, 1.82) is 0 Å². The van der Waals surface area contributed by atoms with Crippen LogP contribution in [0.5, 0.6) is 5.75 Å². The zero-order chi connectivity index (χ0) is 16.2. The molecule has 23 heavy (non-hydrogen) atoms. The maximum atomic E-state index is 11.2. The van der Waals surface area contributed by atoms with Crippen LogP contribution in [0.1, 0.15) is 26.9 Å². The Labute approximate surface area is 139 Å². The number of hydrogen-bond donors (Lipinski definition) is 1. The van der Waals surface area contributed by atoms with E-state index in [2.05, 4.69) is 11.0 Å². The Morgan fingerprint density at radius 3 is 3.09 bits per heavy atom. The molecule has 6 heteroatoms. The zero-order valence-corrected chi connectivity index (χ0v) is 13.8. The lowest BCUT2D eigenvalue weighted by Crippen LogP contribution is -2.37. The number of carbonyl (C=O) groups is 1. The number of rotatable bonds is 5. The van der Waals surface area contributed by atoms with Gasteiger partial charge in [0.25, 0.3) is 0 Å². The van der Waals surface area contributed by atoms with Gasteiger partial charge in [0, 0.05) is 29.9 Å². The minimum absolute atomic E-state index is 0.0365. The van der Waals surface area contributed by atoms with Gasteiger partial charge in [-0.3, -0.25) is 9.69 Å². The first-order valence-corrected chi connectivity index (χ1v) is 8.39. The largest absolute Gasteiger partial charge is 0.497 e. The molecule has 1 fully saturated rings. The number of carbonyl (C=O) groups excluding carboxylic acids is 1. The standard InChI is InChI=1S/C17H20N2O3S/c1-21-14-4-2-3-12(7-14)16-10-19(5-6-22-16)9-15-8-13(11-23-15)17(18)20/h2-4,7-8,11,16H,5-6,9-10H2,1H3,(H2,18,20). The maximum Gasteiger partial charge on any atom is 0.249 e. The number of nitrogens with two attached hydrogens (primary N) is 1. The second-order valence-electron chi connectivity index (χ2n) is 5.54. The molecule has 0 saturated carbocycles. The maximum absolute atomic E-state index is 11.2. The van der Waals surface area contributed by atoms with Crippen molar-refractivity contribution in [3.05, 3.63) is 51.7 Å². The topological polar surface area (TPSA) is 64.8 Å². The number of ether oxygens (including phenoxy) is 2. The summed E-state index contributed by atoms with van der Waals surface area (Å²) in [6.07, 6.45) is 0.0365. The van der Waals surface area contributed by atoms with E-state index >= 15 is 0 Å². The minimum atomic E-state index is -0.372. The molecule has 2 aromatic rings. The van der Waals surface area contributed by atoms with Gasteiger partial charge in [0.2, 0.25) is 5.91 Å². The SMILES string of the molecule is COc1cccc(C2CN(Cc3cc(C(N)=O)cs3)CCO2)c1. The van der Waals surface area contributed by atoms with Crippen molar-refractivity contribution in [2.45, 2.75) is 12.6 Å². The van der Waals surface area contributed by atoms with Crippen LogP contribution in [0.2, 0.25) is 0 Å². The van der Waals surface area contributed by atoms with Gasteiger partial charge in [-0.1, -0.05) is 12.1 Å². The molecule has 1 saturated heterocycles. The van der Waals surface area contributed by atoms with Crippen molar-refractivity contribution in [3.63, 3.8) is 0 Å². The Bertz CT molecular complexity index is 686. The summed E-state index contributed by atoms with van der Waals surface area (Å²) >= 11 is 1.57. The first-order valence-electron chi connectivity index (χ1n) is 7.51. The molecule has 1 atom stereocenters. The lowest BCUT2D eigenvalue weighted by atomic mass is 10.1. The summed E-state index contributed by atoms with van der Waals surface area (Å²) in [5.41, 5.74) is 7.02. The molecule has 1 aliphatic heterocycles. The molecule has 0 aliphatic carbocycles. The molecule has 0 spiro atoms. The zero-order valence-electron chi connectivity index (χ0n) is 13.0. The number of primary amides is 1. The van der Waals surface area contributed by atoms with Gasteiger partial charge in [-0.15, -0.1) is 11.3 Å². The predicted octanol–water partition coefficient (Wildman–Crippen LogP) is 2.43. The fourth-order valence-electron chi connectivity index (χ4n) is 2.70. The molecule has 5 nitrogen and oxygen atoms in total. The van der Waals surface area contributed by atoms with E-state index in [9.17, 15) is 4.79 Å². The summed E-state index contributed by atoms with van der Waals surface area (Å²) in [6, 6.07) is 9.87. The van der Waals surface area contributed by atoms with Crippen LogP contribution < -0.4 is 10.5 Å². The second kappa shape index (κ2) is 7.12. The Morgan fingerprint density at radius 1 is 1.48 bits per heavy atom. The van der Waals surface area contributed by atoms with Crippen LogP contribution >= 0.6 is 11.3 Å². The summed E-state index contributed by atoms with van der Waals surface area (Å²) in [6.45, 7) is 3.19. The van der Waals surface area contributed by atoms with Gasteiger partial charge in [0.1, 0.15) is 5.75 Å². The van der Waals surface area contributed by atoms with Crippen LogP contribution in [-0.2, 0) is 11.3 Å². The molecule has 1 aromatic heterocycles. The normalized spacial score (nSPS) is 18.7. The number of amides is 1. The number of methoxy groups -OCH3 is 1. The fourth-order valence-corrected chi connectivity index (χ4v) is 3.62. The summed E-state index contributed by atoms with van der Waals surface area (Å²) in [7, 11) is 1.67. The molecule has 2 heterocycles. The van der Waals surface area contributed by atoms with E-state index in [4.69, 9.17) is 15.2 Å². The van der Waals surface area contributed by atoms with Gasteiger partial charge in [0.15, 0.2) is 0 Å². The fraction of sp³-hybridized carbons (Fsp3) is 0.353. The van der Waals surface area contributed by atoms with E-state index in [1.807, 2.05) is 29.6 Å². The molecule has 1 amide bonds. The molecule has 1 unspecified atom stereocenters. The summed E-state index contributed by atoms with van der Waals surface area (Å²) in [5, 5.41) is 1.82. The van der Waals surface area contributed by atoms with Crippen LogP contribution in [0.15, 0.2) is 35.7 Å². The Hall–Kier alpha value is -1.89. The van der Waals surface area contributed by atoms with E-state index in [0.717, 1.165) is 35.8 Å². The quantitative estimate of drug-likeness (QED) is 0.913. The molecule has 3 rings (SSSR count). The van der Waals surface area contributed by atoms with Crippen molar-refractivity contribution >= 4 is 17.2 Å².